The average Bonchev–Trinajstić information content (AvgIpc) is 3.40. The number of para-hydroxylation sites is 1. The Bertz CT molecular complexity index is 1210. The van der Waals surface area contributed by atoms with E-state index in [9.17, 15) is 13.2 Å². The first-order valence-corrected chi connectivity index (χ1v) is 12.9. The minimum absolute atomic E-state index is 0.0279. The van der Waals surface area contributed by atoms with E-state index in [1.165, 1.54) is 11.8 Å². The van der Waals surface area contributed by atoms with Gasteiger partial charge in [-0.15, -0.1) is 10.2 Å². The van der Waals surface area contributed by atoms with Crippen molar-refractivity contribution in [2.75, 3.05) is 31.4 Å². The molecule has 1 saturated heterocycles. The molecule has 0 N–H and O–H groups in total. The Morgan fingerprint density at radius 3 is 2.66 bits per heavy atom. The van der Waals surface area contributed by atoms with Crippen LogP contribution in [0.2, 0.25) is 0 Å². The van der Waals surface area contributed by atoms with Gasteiger partial charge in [-0.3, -0.25) is 9.36 Å². The monoisotopic (exact) mass is 472 g/mol. The second kappa shape index (κ2) is 9.33. The maximum Gasteiger partial charge on any atom is 0.233 e. The van der Waals surface area contributed by atoms with Gasteiger partial charge in [0.1, 0.15) is 5.75 Å². The van der Waals surface area contributed by atoms with Crippen LogP contribution >= 0.6 is 11.8 Å². The lowest BCUT2D eigenvalue weighted by atomic mass is 10.2. The normalized spacial score (nSPS) is 17.2. The maximum absolute atomic E-state index is 12.8. The number of methoxy groups -OCH3 is 1. The second-order valence-electron chi connectivity index (χ2n) is 7.56. The maximum atomic E-state index is 12.8. The van der Waals surface area contributed by atoms with E-state index < -0.39 is 9.84 Å². The predicted molar refractivity (Wildman–Crippen MR) is 124 cm³/mol. The number of amides is 1. The minimum atomic E-state index is -3.05. The number of thioether (sulfide) groups is 1. The van der Waals surface area contributed by atoms with Crippen LogP contribution in [0.4, 0.5) is 0 Å². The number of sulfone groups is 1. The first kappa shape index (κ1) is 22.3. The van der Waals surface area contributed by atoms with Crippen molar-refractivity contribution in [3.63, 3.8) is 0 Å². The highest BCUT2D eigenvalue weighted by atomic mass is 32.2. The molecule has 8 nitrogen and oxygen atoms in total. The van der Waals surface area contributed by atoms with Gasteiger partial charge in [-0.2, -0.15) is 0 Å². The molecule has 0 aliphatic carbocycles. The van der Waals surface area contributed by atoms with E-state index in [-0.39, 0.29) is 29.2 Å². The van der Waals surface area contributed by atoms with Crippen LogP contribution in [0, 0.1) is 0 Å². The number of benzene rings is 2. The molecule has 0 saturated carbocycles. The lowest BCUT2D eigenvalue weighted by molar-refractivity contribution is -0.128. The first-order chi connectivity index (χ1) is 15.4. The molecule has 1 amide bonds. The van der Waals surface area contributed by atoms with E-state index in [2.05, 4.69) is 10.2 Å². The van der Waals surface area contributed by atoms with E-state index in [1.54, 1.807) is 19.1 Å². The summed E-state index contributed by atoms with van der Waals surface area (Å²) in [5, 5.41) is 9.31. The molecule has 32 heavy (non-hydrogen) atoms. The molecule has 1 fully saturated rings. The lowest BCUT2D eigenvalue weighted by Gasteiger charge is -2.23. The number of carbonyl (C=O) groups excluding carboxylic acids is 1. The van der Waals surface area contributed by atoms with Crippen molar-refractivity contribution in [2.24, 2.45) is 0 Å². The number of nitrogens with zero attached hydrogens (tertiary/aromatic N) is 4. The molecule has 3 aromatic rings. The molecular weight excluding hydrogens is 448 g/mol. The highest BCUT2D eigenvalue weighted by Crippen LogP contribution is 2.30. The molecule has 0 spiro atoms. The number of hydrogen-bond donors (Lipinski definition) is 0. The van der Waals surface area contributed by atoms with Gasteiger partial charge in [-0.05, 0) is 30.7 Å². The van der Waals surface area contributed by atoms with Crippen molar-refractivity contribution >= 4 is 27.5 Å². The molecule has 0 radical (unpaired) electrons. The zero-order chi connectivity index (χ0) is 22.7. The van der Waals surface area contributed by atoms with Crippen molar-refractivity contribution in [1.82, 2.24) is 19.7 Å². The molecule has 4 rings (SSSR count). The largest absolute Gasteiger partial charge is 0.497 e. The van der Waals surface area contributed by atoms with Gasteiger partial charge >= 0.3 is 0 Å². The Balaban J connectivity index is 1.59. The highest BCUT2D eigenvalue weighted by Gasteiger charge is 2.32. The van der Waals surface area contributed by atoms with Crippen molar-refractivity contribution in [1.29, 1.82) is 0 Å². The van der Waals surface area contributed by atoms with E-state index in [0.717, 1.165) is 11.3 Å². The smallest absolute Gasteiger partial charge is 0.233 e. The summed E-state index contributed by atoms with van der Waals surface area (Å²) >= 11 is 1.28. The standard InChI is InChI=1S/C22H24N4O4S2/c1-25(18-11-12-32(28,29)15-18)20(27)14-31-22-24-23-21(16-7-6-10-19(13-16)30-2)26(22)17-8-4-3-5-9-17/h3-10,13,18H,11-12,14-15H2,1-2H3/t18-/m0/s1. The molecule has 2 aromatic carbocycles. The van der Waals surface area contributed by atoms with Gasteiger partial charge in [0, 0.05) is 24.3 Å². The predicted octanol–water partition coefficient (Wildman–Crippen LogP) is 2.68. The number of ether oxygens (including phenoxy) is 1. The summed E-state index contributed by atoms with van der Waals surface area (Å²) in [5.74, 6) is 1.51. The first-order valence-electron chi connectivity index (χ1n) is 10.1. The number of carbonyl (C=O) groups is 1. The lowest BCUT2D eigenvalue weighted by Crippen LogP contribution is -2.38. The molecule has 10 heteroatoms. The van der Waals surface area contributed by atoms with Gasteiger partial charge in [0.25, 0.3) is 0 Å². The van der Waals surface area contributed by atoms with Crippen LogP contribution in [0.5, 0.6) is 5.75 Å². The number of aromatic nitrogens is 3. The summed E-state index contributed by atoms with van der Waals surface area (Å²) in [5.41, 5.74) is 1.72. The van der Waals surface area contributed by atoms with Crippen LogP contribution in [0.15, 0.2) is 59.8 Å². The fourth-order valence-corrected chi connectivity index (χ4v) is 6.29. The molecule has 168 valence electrons. The zero-order valence-corrected chi connectivity index (χ0v) is 19.5. The van der Waals surface area contributed by atoms with E-state index >= 15 is 0 Å². The third-order valence-electron chi connectivity index (χ3n) is 5.45. The molecule has 1 aliphatic rings. The molecule has 1 aromatic heterocycles. The number of rotatable bonds is 7. The van der Waals surface area contributed by atoms with Gasteiger partial charge in [-0.1, -0.05) is 42.1 Å². The van der Waals surface area contributed by atoms with Crippen molar-refractivity contribution in [2.45, 2.75) is 17.6 Å². The van der Waals surface area contributed by atoms with Crippen LogP contribution in [0.25, 0.3) is 17.1 Å². The fraction of sp³-hybridized carbons (Fsp3) is 0.318. The highest BCUT2D eigenvalue weighted by molar-refractivity contribution is 7.99. The second-order valence-corrected chi connectivity index (χ2v) is 10.7. The van der Waals surface area contributed by atoms with Gasteiger partial charge in [0.05, 0.1) is 24.4 Å². The Hall–Kier alpha value is -2.85. The molecule has 0 bridgehead atoms. The van der Waals surface area contributed by atoms with Crippen LogP contribution in [0.1, 0.15) is 6.42 Å². The quantitative estimate of drug-likeness (QED) is 0.488. The van der Waals surface area contributed by atoms with Crippen molar-refractivity contribution in [3.8, 4) is 22.8 Å². The summed E-state index contributed by atoms with van der Waals surface area (Å²) in [6, 6.07) is 17.0. The van der Waals surface area contributed by atoms with Gasteiger partial charge in [0.2, 0.25) is 5.91 Å². The third-order valence-corrected chi connectivity index (χ3v) is 8.11. The number of hydrogen-bond acceptors (Lipinski definition) is 7. The van der Waals surface area contributed by atoms with Gasteiger partial charge in [0.15, 0.2) is 20.8 Å². The molecule has 1 atom stereocenters. The van der Waals surface area contributed by atoms with Crippen LogP contribution < -0.4 is 4.74 Å². The summed E-state index contributed by atoms with van der Waals surface area (Å²) in [6.07, 6.45) is 0.482. The summed E-state index contributed by atoms with van der Waals surface area (Å²) in [6.45, 7) is 0. The molecule has 1 aliphatic heterocycles. The molecule has 0 unspecified atom stereocenters. The van der Waals surface area contributed by atoms with Gasteiger partial charge in [-0.25, -0.2) is 8.42 Å². The van der Waals surface area contributed by atoms with Crippen LogP contribution in [-0.4, -0.2) is 71.4 Å². The summed E-state index contributed by atoms with van der Waals surface area (Å²) in [7, 11) is 0.221. The minimum Gasteiger partial charge on any atom is -0.497 e. The van der Waals surface area contributed by atoms with Crippen LogP contribution in [-0.2, 0) is 14.6 Å². The Kier molecular flexibility index (Phi) is 6.52. The fourth-order valence-electron chi connectivity index (χ4n) is 3.63. The average molecular weight is 473 g/mol. The summed E-state index contributed by atoms with van der Waals surface area (Å²) < 4.78 is 30.8. The van der Waals surface area contributed by atoms with Gasteiger partial charge < -0.3 is 9.64 Å². The van der Waals surface area contributed by atoms with E-state index in [4.69, 9.17) is 4.74 Å². The Morgan fingerprint density at radius 2 is 1.97 bits per heavy atom. The van der Waals surface area contributed by atoms with Crippen molar-refractivity contribution in [3.05, 3.63) is 54.6 Å². The zero-order valence-electron chi connectivity index (χ0n) is 17.8. The van der Waals surface area contributed by atoms with E-state index in [0.29, 0.717) is 23.2 Å². The summed E-state index contributed by atoms with van der Waals surface area (Å²) in [4.78, 5) is 14.3. The van der Waals surface area contributed by atoms with Crippen molar-refractivity contribution < 1.29 is 17.9 Å². The molecular formula is C22H24N4O4S2. The molecule has 2 heterocycles. The Labute approximate surface area is 191 Å². The SMILES string of the molecule is COc1cccc(-c2nnc(SCC(=O)N(C)[C@H]3CCS(=O)(=O)C3)n2-c2ccccc2)c1. The Morgan fingerprint density at radius 1 is 1.19 bits per heavy atom. The van der Waals surface area contributed by atoms with Crippen LogP contribution in [0.3, 0.4) is 0 Å². The van der Waals surface area contributed by atoms with E-state index in [1.807, 2.05) is 59.2 Å². The third kappa shape index (κ3) is 4.81. The topological polar surface area (TPSA) is 94.4 Å².